The van der Waals surface area contributed by atoms with Crippen LogP contribution in [0, 0.1) is 12.8 Å². The first-order valence-electron chi connectivity index (χ1n) is 6.29. The second kappa shape index (κ2) is 5.73. The van der Waals surface area contributed by atoms with Crippen LogP contribution in [0.25, 0.3) is 0 Å². The van der Waals surface area contributed by atoms with Gasteiger partial charge < -0.3 is 5.32 Å². The molecule has 1 aromatic rings. The Morgan fingerprint density at radius 1 is 1.25 bits per heavy atom. The van der Waals surface area contributed by atoms with Crippen molar-refractivity contribution in [2.45, 2.75) is 51.5 Å². The van der Waals surface area contributed by atoms with E-state index in [-0.39, 0.29) is 0 Å². The maximum Gasteiger partial charge on any atom is 0.0772 e. The lowest BCUT2D eigenvalue weighted by molar-refractivity contribution is 0.344. The van der Waals surface area contributed by atoms with Crippen LogP contribution >= 0.6 is 11.5 Å². The van der Waals surface area contributed by atoms with Gasteiger partial charge in [0.15, 0.2) is 0 Å². The summed E-state index contributed by atoms with van der Waals surface area (Å²) in [4.78, 5) is 1.34. The van der Waals surface area contributed by atoms with Gasteiger partial charge in [-0.25, -0.2) is 0 Å². The Balaban J connectivity index is 2.12. The van der Waals surface area contributed by atoms with Gasteiger partial charge in [0.2, 0.25) is 0 Å². The molecule has 1 saturated carbocycles. The van der Waals surface area contributed by atoms with Gasteiger partial charge in [-0.05, 0) is 44.3 Å². The van der Waals surface area contributed by atoms with Gasteiger partial charge >= 0.3 is 0 Å². The van der Waals surface area contributed by atoms with E-state index in [1.807, 2.05) is 0 Å². The Labute approximate surface area is 102 Å². The Kier molecular flexibility index (Phi) is 4.29. The van der Waals surface area contributed by atoms with Crippen LogP contribution < -0.4 is 5.32 Å². The van der Waals surface area contributed by atoms with Crippen molar-refractivity contribution in [3.05, 3.63) is 10.6 Å². The quantitative estimate of drug-likeness (QED) is 0.824. The number of nitrogens with zero attached hydrogens (tertiary/aromatic N) is 2. The highest BCUT2D eigenvalue weighted by molar-refractivity contribution is 7.05. The summed E-state index contributed by atoms with van der Waals surface area (Å²) in [5.41, 5.74) is 1.11. The van der Waals surface area contributed by atoms with Crippen LogP contribution in [0.5, 0.6) is 0 Å². The van der Waals surface area contributed by atoms with Crippen molar-refractivity contribution in [3.63, 3.8) is 0 Å². The molecule has 0 radical (unpaired) electrons. The highest BCUT2D eigenvalue weighted by Crippen LogP contribution is 2.35. The summed E-state index contributed by atoms with van der Waals surface area (Å²) in [6.45, 7) is 2.07. The zero-order valence-corrected chi connectivity index (χ0v) is 11.0. The molecule has 1 aliphatic carbocycles. The smallest absolute Gasteiger partial charge is 0.0772 e. The summed E-state index contributed by atoms with van der Waals surface area (Å²) in [5, 5.41) is 7.61. The molecule has 2 rings (SSSR count). The normalized spacial score (nSPS) is 20.6. The average Bonchev–Trinajstić information content (AvgIpc) is 2.57. The van der Waals surface area contributed by atoms with Gasteiger partial charge in [-0.3, -0.25) is 0 Å². The maximum absolute atomic E-state index is 4.13. The van der Waals surface area contributed by atoms with Gasteiger partial charge in [0.05, 0.1) is 10.6 Å². The number of nitrogens with one attached hydrogen (secondary N) is 1. The molecule has 1 atom stereocenters. The number of hydrogen-bond donors (Lipinski definition) is 1. The van der Waals surface area contributed by atoms with E-state index < -0.39 is 0 Å². The van der Waals surface area contributed by atoms with Gasteiger partial charge in [-0.2, -0.15) is 0 Å². The lowest BCUT2D eigenvalue weighted by Crippen LogP contribution is -2.24. The van der Waals surface area contributed by atoms with E-state index in [2.05, 4.69) is 28.9 Å². The summed E-state index contributed by atoms with van der Waals surface area (Å²) in [6, 6.07) is 0.470. The molecule has 16 heavy (non-hydrogen) atoms. The van der Waals surface area contributed by atoms with Gasteiger partial charge in [-0.15, -0.1) is 5.10 Å². The van der Waals surface area contributed by atoms with Gasteiger partial charge in [0.25, 0.3) is 0 Å². The first-order chi connectivity index (χ1) is 7.83. The minimum atomic E-state index is 0.470. The molecule has 3 nitrogen and oxygen atoms in total. The van der Waals surface area contributed by atoms with Crippen molar-refractivity contribution in [3.8, 4) is 0 Å². The zero-order chi connectivity index (χ0) is 11.4. The monoisotopic (exact) mass is 239 g/mol. The summed E-state index contributed by atoms with van der Waals surface area (Å²) < 4.78 is 4.06. The number of hydrogen-bond acceptors (Lipinski definition) is 4. The molecule has 0 spiro atoms. The topological polar surface area (TPSA) is 37.8 Å². The predicted molar refractivity (Wildman–Crippen MR) is 67.6 cm³/mol. The Morgan fingerprint density at radius 3 is 2.44 bits per heavy atom. The molecule has 1 N–H and O–H groups in total. The minimum Gasteiger partial charge on any atom is -0.312 e. The molecule has 4 heteroatoms. The van der Waals surface area contributed by atoms with E-state index in [1.54, 1.807) is 11.5 Å². The lowest BCUT2D eigenvalue weighted by Gasteiger charge is -2.24. The van der Waals surface area contributed by atoms with E-state index in [1.165, 1.54) is 43.4 Å². The van der Waals surface area contributed by atoms with Crippen LogP contribution in [0.1, 0.15) is 55.1 Å². The first-order valence-corrected chi connectivity index (χ1v) is 7.06. The molecule has 0 bridgehead atoms. The molecule has 0 aromatic carbocycles. The van der Waals surface area contributed by atoms with E-state index in [9.17, 15) is 0 Å². The van der Waals surface area contributed by atoms with Gasteiger partial charge in [0, 0.05) is 6.04 Å². The van der Waals surface area contributed by atoms with Crippen LogP contribution in [-0.4, -0.2) is 16.6 Å². The third-order valence-corrected chi connectivity index (χ3v) is 4.56. The lowest BCUT2D eigenvalue weighted by atomic mass is 9.90. The third kappa shape index (κ3) is 2.61. The van der Waals surface area contributed by atoms with Crippen molar-refractivity contribution < 1.29 is 0 Å². The molecule has 1 aromatic heterocycles. The van der Waals surface area contributed by atoms with E-state index in [4.69, 9.17) is 0 Å². The molecule has 0 saturated heterocycles. The van der Waals surface area contributed by atoms with Crippen LogP contribution in [0.4, 0.5) is 0 Å². The Hall–Kier alpha value is -0.480. The maximum atomic E-state index is 4.13. The number of rotatable bonds is 3. The number of aromatic nitrogens is 2. The van der Waals surface area contributed by atoms with Crippen molar-refractivity contribution in [1.29, 1.82) is 0 Å². The highest BCUT2D eigenvalue weighted by Gasteiger charge is 2.25. The zero-order valence-electron chi connectivity index (χ0n) is 10.2. The van der Waals surface area contributed by atoms with Crippen molar-refractivity contribution >= 4 is 11.5 Å². The van der Waals surface area contributed by atoms with Gasteiger partial charge in [0.1, 0.15) is 0 Å². The first kappa shape index (κ1) is 12.0. The molecule has 1 unspecified atom stereocenters. The van der Waals surface area contributed by atoms with Crippen molar-refractivity contribution in [2.24, 2.45) is 5.92 Å². The van der Waals surface area contributed by atoms with Crippen molar-refractivity contribution in [2.75, 3.05) is 7.05 Å². The molecule has 1 fully saturated rings. The summed E-state index contributed by atoms with van der Waals surface area (Å²) in [5.74, 6) is 0.772. The van der Waals surface area contributed by atoms with Crippen molar-refractivity contribution in [1.82, 2.24) is 14.9 Å². The largest absolute Gasteiger partial charge is 0.312 e. The fourth-order valence-corrected chi connectivity index (χ4v) is 3.60. The average molecular weight is 239 g/mol. The molecule has 0 aliphatic heterocycles. The molecular formula is C12H21N3S. The second-order valence-electron chi connectivity index (χ2n) is 4.74. The molecule has 1 aliphatic rings. The SMILES string of the molecule is CNC(c1snnc1C)C1CCCCCC1. The number of aryl methyl sites for hydroxylation is 1. The fraction of sp³-hybridized carbons (Fsp3) is 0.833. The second-order valence-corrected chi connectivity index (χ2v) is 5.53. The Morgan fingerprint density at radius 2 is 1.94 bits per heavy atom. The summed E-state index contributed by atoms with van der Waals surface area (Å²) >= 11 is 1.56. The summed E-state index contributed by atoms with van der Waals surface area (Å²) in [6.07, 6.45) is 8.29. The highest BCUT2D eigenvalue weighted by atomic mass is 32.1. The molecule has 90 valence electrons. The third-order valence-electron chi connectivity index (χ3n) is 3.65. The van der Waals surface area contributed by atoms with Crippen LogP contribution in [0.3, 0.4) is 0 Å². The van der Waals surface area contributed by atoms with E-state index >= 15 is 0 Å². The molecular weight excluding hydrogens is 218 g/mol. The van der Waals surface area contributed by atoms with Crippen LogP contribution in [0.2, 0.25) is 0 Å². The molecule has 1 heterocycles. The Bertz CT molecular complexity index is 316. The molecule has 0 amide bonds. The van der Waals surface area contributed by atoms with Crippen LogP contribution in [-0.2, 0) is 0 Å². The van der Waals surface area contributed by atoms with E-state index in [0.717, 1.165) is 11.6 Å². The van der Waals surface area contributed by atoms with Crippen LogP contribution in [0.15, 0.2) is 0 Å². The standard InChI is InChI=1S/C12H21N3S/c1-9-12(16-15-14-9)11(13-2)10-7-5-3-4-6-8-10/h10-11,13H,3-8H2,1-2H3. The summed E-state index contributed by atoms with van der Waals surface area (Å²) in [7, 11) is 2.06. The van der Waals surface area contributed by atoms with Gasteiger partial charge in [-0.1, -0.05) is 30.2 Å². The van der Waals surface area contributed by atoms with E-state index in [0.29, 0.717) is 6.04 Å². The minimum absolute atomic E-state index is 0.470. The fourth-order valence-electron chi connectivity index (χ4n) is 2.75. The predicted octanol–water partition coefficient (Wildman–Crippen LogP) is 3.08.